The van der Waals surface area contributed by atoms with E-state index in [1.165, 1.54) is 6.08 Å². The first kappa shape index (κ1) is 17.1. The number of aryl methyl sites for hydroxylation is 1. The van der Waals surface area contributed by atoms with Crippen LogP contribution in [0.3, 0.4) is 0 Å². The molecule has 122 valence electrons. The SMILES string of the molecule is CCc1nnc(S/C(=C\c2ccc(OC(C)C)cc2)C(=O)[O-])o1. The molecular formula is C16H17N2O4S-. The second kappa shape index (κ2) is 7.82. The van der Waals surface area contributed by atoms with Gasteiger partial charge in [-0.3, -0.25) is 0 Å². The molecule has 0 radical (unpaired) electrons. The number of thioether (sulfide) groups is 1. The molecule has 1 heterocycles. The minimum atomic E-state index is -1.30. The van der Waals surface area contributed by atoms with Gasteiger partial charge in [0.25, 0.3) is 5.22 Å². The molecule has 2 rings (SSSR count). The van der Waals surface area contributed by atoms with Crippen LogP contribution in [0, 0.1) is 0 Å². The first-order valence-electron chi connectivity index (χ1n) is 7.18. The Hall–Kier alpha value is -2.28. The number of rotatable bonds is 7. The lowest BCUT2D eigenvalue weighted by molar-refractivity contribution is -0.298. The van der Waals surface area contributed by atoms with Gasteiger partial charge in [0, 0.05) is 11.3 Å². The van der Waals surface area contributed by atoms with Gasteiger partial charge in [-0.15, -0.1) is 10.2 Å². The Labute approximate surface area is 138 Å². The number of carboxylic acid groups (broad SMARTS) is 1. The van der Waals surface area contributed by atoms with Crippen molar-refractivity contribution in [3.63, 3.8) is 0 Å². The first-order chi connectivity index (χ1) is 11.0. The van der Waals surface area contributed by atoms with Crippen molar-refractivity contribution in [1.29, 1.82) is 0 Å². The highest BCUT2D eigenvalue weighted by Gasteiger charge is 2.10. The van der Waals surface area contributed by atoms with Gasteiger partial charge in [0.1, 0.15) is 5.75 Å². The Kier molecular flexibility index (Phi) is 5.81. The number of hydrogen-bond acceptors (Lipinski definition) is 7. The fraction of sp³-hybridized carbons (Fsp3) is 0.312. The molecule has 0 saturated heterocycles. The summed E-state index contributed by atoms with van der Waals surface area (Å²) in [4.78, 5) is 11.3. The van der Waals surface area contributed by atoms with Crippen molar-refractivity contribution in [3.8, 4) is 5.75 Å². The standard InChI is InChI=1S/C16H18N2O4S/c1-4-14-17-18-16(22-14)23-13(15(19)20)9-11-5-7-12(8-6-11)21-10(2)3/h5-10H,4H2,1-3H3,(H,19,20)/p-1/b13-9-. The summed E-state index contributed by atoms with van der Waals surface area (Å²) in [6.45, 7) is 5.75. The second-order valence-corrected chi connectivity index (χ2v) is 5.94. The molecule has 0 N–H and O–H groups in total. The number of carbonyl (C=O) groups excluding carboxylic acids is 1. The van der Waals surface area contributed by atoms with Crippen LogP contribution >= 0.6 is 11.8 Å². The molecule has 0 unspecified atom stereocenters. The quantitative estimate of drug-likeness (QED) is 0.567. The van der Waals surface area contributed by atoms with Gasteiger partial charge in [-0.1, -0.05) is 19.1 Å². The van der Waals surface area contributed by atoms with Crippen molar-refractivity contribution in [2.24, 2.45) is 0 Å². The first-order valence-corrected chi connectivity index (χ1v) is 7.99. The smallest absolute Gasteiger partial charge is 0.281 e. The molecular weight excluding hydrogens is 316 g/mol. The average molecular weight is 333 g/mol. The molecule has 23 heavy (non-hydrogen) atoms. The van der Waals surface area contributed by atoms with E-state index in [1.807, 2.05) is 20.8 Å². The Balaban J connectivity index is 2.16. The number of ether oxygens (including phenoxy) is 1. The lowest BCUT2D eigenvalue weighted by Gasteiger charge is -2.10. The average Bonchev–Trinajstić information content (AvgIpc) is 2.95. The third-order valence-corrected chi connectivity index (χ3v) is 3.54. The molecule has 7 heteroatoms. The number of benzene rings is 1. The van der Waals surface area contributed by atoms with Crippen molar-refractivity contribution in [2.75, 3.05) is 0 Å². The van der Waals surface area contributed by atoms with Gasteiger partial charge >= 0.3 is 0 Å². The molecule has 1 aromatic heterocycles. The highest BCUT2D eigenvalue weighted by atomic mass is 32.2. The Morgan fingerprint density at radius 1 is 1.35 bits per heavy atom. The van der Waals surface area contributed by atoms with Crippen molar-refractivity contribution in [3.05, 3.63) is 40.6 Å². The van der Waals surface area contributed by atoms with Gasteiger partial charge < -0.3 is 19.1 Å². The predicted octanol–water partition coefficient (Wildman–Crippen LogP) is 2.30. The molecule has 0 atom stereocenters. The van der Waals surface area contributed by atoms with E-state index in [-0.39, 0.29) is 16.2 Å². The maximum absolute atomic E-state index is 11.3. The topological polar surface area (TPSA) is 88.3 Å². The van der Waals surface area contributed by atoms with Crippen LogP contribution in [-0.2, 0) is 11.2 Å². The monoisotopic (exact) mass is 333 g/mol. The van der Waals surface area contributed by atoms with Crippen LogP contribution in [0.2, 0.25) is 0 Å². The number of aromatic nitrogens is 2. The van der Waals surface area contributed by atoms with Crippen molar-refractivity contribution in [1.82, 2.24) is 10.2 Å². The summed E-state index contributed by atoms with van der Waals surface area (Å²) < 4.78 is 10.8. The lowest BCUT2D eigenvalue weighted by atomic mass is 10.2. The van der Waals surface area contributed by atoms with E-state index in [0.717, 1.165) is 17.5 Å². The van der Waals surface area contributed by atoms with Crippen LogP contribution in [-0.4, -0.2) is 22.3 Å². The summed E-state index contributed by atoms with van der Waals surface area (Å²) in [6.07, 6.45) is 2.17. The predicted molar refractivity (Wildman–Crippen MR) is 84.7 cm³/mol. The van der Waals surface area contributed by atoms with E-state index < -0.39 is 5.97 Å². The van der Waals surface area contributed by atoms with Crippen LogP contribution in [0.1, 0.15) is 32.2 Å². The van der Waals surface area contributed by atoms with Crippen LogP contribution in [0.25, 0.3) is 6.08 Å². The normalized spacial score (nSPS) is 11.7. The van der Waals surface area contributed by atoms with E-state index in [4.69, 9.17) is 9.15 Å². The molecule has 0 aliphatic rings. The highest BCUT2D eigenvalue weighted by Crippen LogP contribution is 2.27. The Morgan fingerprint density at radius 2 is 2.04 bits per heavy atom. The lowest BCUT2D eigenvalue weighted by Crippen LogP contribution is -2.23. The van der Waals surface area contributed by atoms with Gasteiger partial charge in [0.15, 0.2) is 0 Å². The molecule has 0 bridgehead atoms. The second-order valence-electron chi connectivity index (χ2n) is 4.95. The van der Waals surface area contributed by atoms with Crippen molar-refractivity contribution >= 4 is 23.8 Å². The molecule has 0 saturated carbocycles. The third kappa shape index (κ3) is 5.14. The molecule has 0 aliphatic heterocycles. The van der Waals surface area contributed by atoms with Gasteiger partial charge in [-0.2, -0.15) is 0 Å². The zero-order valence-corrected chi connectivity index (χ0v) is 13.9. The summed E-state index contributed by atoms with van der Waals surface area (Å²) in [7, 11) is 0. The van der Waals surface area contributed by atoms with Crippen LogP contribution in [0.15, 0.2) is 38.8 Å². The summed E-state index contributed by atoms with van der Waals surface area (Å²) in [5.41, 5.74) is 0.711. The minimum Gasteiger partial charge on any atom is -0.544 e. The molecule has 2 aromatic rings. The summed E-state index contributed by atoms with van der Waals surface area (Å²) in [6, 6.07) is 7.11. The van der Waals surface area contributed by atoms with Crippen LogP contribution in [0.4, 0.5) is 0 Å². The summed E-state index contributed by atoms with van der Waals surface area (Å²) in [5.74, 6) is -0.113. The van der Waals surface area contributed by atoms with Crippen molar-refractivity contribution in [2.45, 2.75) is 38.5 Å². The van der Waals surface area contributed by atoms with E-state index in [2.05, 4.69) is 10.2 Å². The largest absolute Gasteiger partial charge is 0.544 e. The van der Waals surface area contributed by atoms with Gasteiger partial charge in [0.2, 0.25) is 5.89 Å². The Morgan fingerprint density at radius 3 is 2.57 bits per heavy atom. The molecule has 0 amide bonds. The number of carbonyl (C=O) groups is 1. The minimum absolute atomic E-state index is 0.00571. The maximum Gasteiger partial charge on any atom is 0.281 e. The zero-order valence-electron chi connectivity index (χ0n) is 13.1. The number of carboxylic acids is 1. The van der Waals surface area contributed by atoms with Gasteiger partial charge in [-0.25, -0.2) is 0 Å². The fourth-order valence-electron chi connectivity index (χ4n) is 1.71. The van der Waals surface area contributed by atoms with E-state index in [9.17, 15) is 9.90 Å². The maximum atomic E-state index is 11.3. The van der Waals surface area contributed by atoms with Crippen molar-refractivity contribution < 1.29 is 19.1 Å². The number of hydrogen-bond donors (Lipinski definition) is 0. The third-order valence-electron chi connectivity index (χ3n) is 2.70. The molecule has 1 aromatic carbocycles. The Bertz CT molecular complexity index is 692. The summed E-state index contributed by atoms with van der Waals surface area (Å²) >= 11 is 0.870. The van der Waals surface area contributed by atoms with Crippen LogP contribution in [0.5, 0.6) is 5.75 Å². The van der Waals surface area contributed by atoms with Gasteiger partial charge in [-0.05, 0) is 49.4 Å². The van der Waals surface area contributed by atoms with Gasteiger partial charge in [0.05, 0.1) is 12.1 Å². The molecule has 0 fully saturated rings. The number of aliphatic carboxylic acids is 1. The molecule has 0 aliphatic carbocycles. The van der Waals surface area contributed by atoms with Crippen LogP contribution < -0.4 is 9.84 Å². The molecule has 6 nitrogen and oxygen atoms in total. The molecule has 0 spiro atoms. The van der Waals surface area contributed by atoms with E-state index in [0.29, 0.717) is 17.9 Å². The zero-order chi connectivity index (χ0) is 16.8. The van der Waals surface area contributed by atoms with E-state index in [1.54, 1.807) is 24.3 Å². The highest BCUT2D eigenvalue weighted by molar-refractivity contribution is 8.03. The van der Waals surface area contributed by atoms with E-state index >= 15 is 0 Å². The fourth-order valence-corrected chi connectivity index (χ4v) is 2.40. The summed E-state index contributed by atoms with van der Waals surface area (Å²) in [5, 5.41) is 19.1. The number of nitrogens with zero attached hydrogens (tertiary/aromatic N) is 2.